The molecule has 0 amide bonds. The van der Waals surface area contributed by atoms with Crippen molar-refractivity contribution in [2.45, 2.75) is 45.6 Å². The normalized spacial score (nSPS) is 12.8. The number of aryl methyl sites for hydroxylation is 1. The molecular formula is C13H21ClN2. The van der Waals surface area contributed by atoms with Crippen LogP contribution in [0.2, 0.25) is 5.02 Å². The van der Waals surface area contributed by atoms with Crippen LogP contribution in [0.15, 0.2) is 18.2 Å². The van der Waals surface area contributed by atoms with Gasteiger partial charge in [0.05, 0.1) is 0 Å². The van der Waals surface area contributed by atoms with Crippen LogP contribution in [0, 0.1) is 6.92 Å². The molecule has 0 aliphatic carbocycles. The molecule has 90 valence electrons. The lowest BCUT2D eigenvalue weighted by Crippen LogP contribution is -2.28. The zero-order chi connectivity index (χ0) is 12.0. The highest BCUT2D eigenvalue weighted by Gasteiger charge is 2.12. The van der Waals surface area contributed by atoms with Crippen molar-refractivity contribution in [3.63, 3.8) is 0 Å². The minimum Gasteiger partial charge on any atom is -0.271 e. The van der Waals surface area contributed by atoms with Crippen molar-refractivity contribution < 1.29 is 0 Å². The van der Waals surface area contributed by atoms with Crippen LogP contribution in [-0.2, 0) is 0 Å². The summed E-state index contributed by atoms with van der Waals surface area (Å²) in [5.41, 5.74) is 5.13. The van der Waals surface area contributed by atoms with E-state index in [2.05, 4.69) is 24.5 Å². The molecule has 2 nitrogen and oxygen atoms in total. The average molecular weight is 241 g/mol. The van der Waals surface area contributed by atoms with E-state index < -0.39 is 0 Å². The molecule has 1 rings (SSSR count). The van der Waals surface area contributed by atoms with E-state index in [0.717, 1.165) is 17.0 Å². The molecule has 0 aliphatic heterocycles. The molecule has 1 aromatic carbocycles. The molecule has 16 heavy (non-hydrogen) atoms. The lowest BCUT2D eigenvalue weighted by molar-refractivity contribution is 0.487. The van der Waals surface area contributed by atoms with E-state index in [0.29, 0.717) is 0 Å². The van der Waals surface area contributed by atoms with Crippen LogP contribution >= 0.6 is 11.6 Å². The van der Waals surface area contributed by atoms with Gasteiger partial charge in [0.1, 0.15) is 0 Å². The van der Waals surface area contributed by atoms with E-state index in [1.807, 2.05) is 13.0 Å². The molecule has 1 atom stereocenters. The van der Waals surface area contributed by atoms with Gasteiger partial charge >= 0.3 is 0 Å². The van der Waals surface area contributed by atoms with Gasteiger partial charge in [-0.05, 0) is 30.5 Å². The summed E-state index contributed by atoms with van der Waals surface area (Å²) >= 11 is 6.22. The molecule has 0 heterocycles. The number of unbranched alkanes of at least 4 members (excludes halogenated alkanes) is 2. The molecule has 0 bridgehead atoms. The molecule has 0 saturated heterocycles. The van der Waals surface area contributed by atoms with Crippen LogP contribution in [0.5, 0.6) is 0 Å². The number of hydrogen-bond acceptors (Lipinski definition) is 2. The van der Waals surface area contributed by atoms with Gasteiger partial charge in [0.2, 0.25) is 0 Å². The summed E-state index contributed by atoms with van der Waals surface area (Å²) in [6, 6.07) is 6.29. The molecule has 0 fully saturated rings. The van der Waals surface area contributed by atoms with E-state index in [-0.39, 0.29) is 6.04 Å². The molecule has 0 saturated carbocycles. The van der Waals surface area contributed by atoms with Crippen molar-refractivity contribution >= 4 is 11.6 Å². The summed E-state index contributed by atoms with van der Waals surface area (Å²) in [5.74, 6) is 5.59. The molecule has 1 aromatic rings. The first-order valence-electron chi connectivity index (χ1n) is 5.91. The fourth-order valence-corrected chi connectivity index (χ4v) is 2.21. The highest BCUT2D eigenvalue weighted by Crippen LogP contribution is 2.27. The van der Waals surface area contributed by atoms with Gasteiger partial charge in [0.15, 0.2) is 0 Å². The van der Waals surface area contributed by atoms with Crippen molar-refractivity contribution in [3.8, 4) is 0 Å². The first-order chi connectivity index (χ1) is 7.69. The summed E-state index contributed by atoms with van der Waals surface area (Å²) in [4.78, 5) is 0. The number of benzene rings is 1. The maximum atomic E-state index is 6.22. The van der Waals surface area contributed by atoms with E-state index >= 15 is 0 Å². The minimum atomic E-state index is 0.166. The predicted octanol–water partition coefficient (Wildman–Crippen LogP) is 3.73. The van der Waals surface area contributed by atoms with E-state index in [1.165, 1.54) is 24.8 Å². The highest BCUT2D eigenvalue weighted by molar-refractivity contribution is 6.31. The second kappa shape index (κ2) is 6.89. The fourth-order valence-electron chi connectivity index (χ4n) is 1.84. The summed E-state index contributed by atoms with van der Waals surface area (Å²) in [5, 5.41) is 0.805. The smallest absolute Gasteiger partial charge is 0.0474 e. The van der Waals surface area contributed by atoms with Gasteiger partial charge in [-0.15, -0.1) is 0 Å². The third-order valence-electron chi connectivity index (χ3n) is 2.83. The van der Waals surface area contributed by atoms with Gasteiger partial charge in [0, 0.05) is 11.1 Å². The lowest BCUT2D eigenvalue weighted by atomic mass is 10.00. The largest absolute Gasteiger partial charge is 0.271 e. The Balaban J connectivity index is 2.70. The number of hydrazine groups is 1. The molecule has 0 aromatic heterocycles. The highest BCUT2D eigenvalue weighted by atomic mass is 35.5. The van der Waals surface area contributed by atoms with Gasteiger partial charge in [-0.1, -0.05) is 49.9 Å². The van der Waals surface area contributed by atoms with Crippen LogP contribution in [0.4, 0.5) is 0 Å². The maximum absolute atomic E-state index is 6.22. The monoisotopic (exact) mass is 240 g/mol. The third-order valence-corrected chi connectivity index (χ3v) is 3.16. The van der Waals surface area contributed by atoms with E-state index in [1.54, 1.807) is 0 Å². The average Bonchev–Trinajstić information content (AvgIpc) is 2.26. The Morgan fingerprint density at radius 3 is 2.69 bits per heavy atom. The number of nitrogens with two attached hydrogens (primary N) is 1. The summed E-state index contributed by atoms with van der Waals surface area (Å²) in [6.45, 7) is 4.24. The molecule has 3 N–H and O–H groups in total. The topological polar surface area (TPSA) is 38.0 Å². The van der Waals surface area contributed by atoms with E-state index in [9.17, 15) is 0 Å². The van der Waals surface area contributed by atoms with Crippen LogP contribution in [0.25, 0.3) is 0 Å². The number of nitrogens with one attached hydrogen (secondary N) is 1. The second-order valence-electron chi connectivity index (χ2n) is 4.24. The zero-order valence-electron chi connectivity index (χ0n) is 10.1. The summed E-state index contributed by atoms with van der Waals surface area (Å²) in [6.07, 6.45) is 4.67. The Labute approximate surface area is 103 Å². The van der Waals surface area contributed by atoms with Gasteiger partial charge in [-0.25, -0.2) is 0 Å². The fraction of sp³-hybridized carbons (Fsp3) is 0.538. The summed E-state index contributed by atoms with van der Waals surface area (Å²) < 4.78 is 0. The molecule has 3 heteroatoms. The third kappa shape index (κ3) is 3.78. The Morgan fingerprint density at radius 1 is 1.38 bits per heavy atom. The van der Waals surface area contributed by atoms with Crippen LogP contribution in [0.3, 0.4) is 0 Å². The Morgan fingerprint density at radius 2 is 2.12 bits per heavy atom. The quantitative estimate of drug-likeness (QED) is 0.452. The first kappa shape index (κ1) is 13.5. The van der Waals surface area contributed by atoms with Crippen molar-refractivity contribution in [1.29, 1.82) is 0 Å². The Hall–Kier alpha value is -0.570. The Kier molecular flexibility index (Phi) is 5.81. The minimum absolute atomic E-state index is 0.166. The lowest BCUT2D eigenvalue weighted by Gasteiger charge is -2.17. The van der Waals surface area contributed by atoms with Crippen molar-refractivity contribution in [3.05, 3.63) is 34.3 Å². The van der Waals surface area contributed by atoms with E-state index in [4.69, 9.17) is 17.4 Å². The van der Waals surface area contributed by atoms with Gasteiger partial charge < -0.3 is 0 Å². The van der Waals surface area contributed by atoms with Gasteiger partial charge in [-0.2, -0.15) is 0 Å². The molecule has 0 aliphatic rings. The van der Waals surface area contributed by atoms with Crippen LogP contribution in [0.1, 0.15) is 49.8 Å². The molecule has 1 unspecified atom stereocenters. The predicted molar refractivity (Wildman–Crippen MR) is 70.4 cm³/mol. The van der Waals surface area contributed by atoms with Crippen LogP contribution < -0.4 is 11.3 Å². The molecular weight excluding hydrogens is 220 g/mol. The maximum Gasteiger partial charge on any atom is 0.0474 e. The standard InChI is InChI=1S/C13H21ClN2/c1-3-4-5-6-13(16-15)11-8-7-10(2)9-12(11)14/h7-9,13,16H,3-6,15H2,1-2H3. The van der Waals surface area contributed by atoms with Crippen molar-refractivity contribution in [1.82, 2.24) is 5.43 Å². The molecule has 0 radical (unpaired) electrons. The number of hydrogen-bond donors (Lipinski definition) is 2. The van der Waals surface area contributed by atoms with Gasteiger partial charge in [-0.3, -0.25) is 11.3 Å². The first-order valence-corrected chi connectivity index (χ1v) is 6.29. The number of rotatable bonds is 6. The second-order valence-corrected chi connectivity index (χ2v) is 4.65. The van der Waals surface area contributed by atoms with Crippen molar-refractivity contribution in [2.24, 2.45) is 5.84 Å². The SMILES string of the molecule is CCCCCC(NN)c1ccc(C)cc1Cl. The zero-order valence-corrected chi connectivity index (χ0v) is 10.8. The van der Waals surface area contributed by atoms with Crippen molar-refractivity contribution in [2.75, 3.05) is 0 Å². The summed E-state index contributed by atoms with van der Waals surface area (Å²) in [7, 11) is 0. The molecule has 0 spiro atoms. The van der Waals surface area contributed by atoms with Crippen LogP contribution in [-0.4, -0.2) is 0 Å². The number of halogens is 1. The Bertz CT molecular complexity index is 326. The van der Waals surface area contributed by atoms with Gasteiger partial charge in [0.25, 0.3) is 0 Å².